The molecule has 0 unspecified atom stereocenters. The minimum absolute atomic E-state index is 0.179. The highest BCUT2D eigenvalue weighted by molar-refractivity contribution is 5.31. The first-order chi connectivity index (χ1) is 12.7. The topological polar surface area (TPSA) is 9.23 Å². The van der Waals surface area contributed by atoms with Gasteiger partial charge < -0.3 is 4.74 Å². The largest absolute Gasteiger partial charge is 0.491 e. The van der Waals surface area contributed by atoms with Gasteiger partial charge in [-0.05, 0) is 61.6 Å². The lowest BCUT2D eigenvalue weighted by atomic mass is 9.77. The second-order valence-electron chi connectivity index (χ2n) is 8.17. The molecule has 0 aromatic heterocycles. The standard InChI is InChI=1S/C24H39FO/c1-3-5-7-8-9-10-18-26-24-17-16-22(19-23(24)25)21-14-12-20(13-15-21)11-6-4-2/h16-17,19-21H,3-15,18H2,1-2H3/t20-,21-. The summed E-state index contributed by atoms with van der Waals surface area (Å²) in [6, 6.07) is 5.68. The van der Waals surface area contributed by atoms with E-state index in [1.807, 2.05) is 6.07 Å². The number of unbranched alkanes of at least 4 members (excludes halogenated alkanes) is 6. The molecule has 1 aromatic carbocycles. The van der Waals surface area contributed by atoms with E-state index >= 15 is 0 Å². The molecular weight excluding hydrogens is 323 g/mol. The molecule has 1 aliphatic carbocycles. The average Bonchev–Trinajstić information content (AvgIpc) is 2.67. The van der Waals surface area contributed by atoms with Crippen molar-refractivity contribution in [2.75, 3.05) is 6.61 Å². The Balaban J connectivity index is 1.71. The van der Waals surface area contributed by atoms with Crippen molar-refractivity contribution < 1.29 is 9.13 Å². The molecule has 2 heteroatoms. The molecule has 0 atom stereocenters. The fourth-order valence-electron chi connectivity index (χ4n) is 4.23. The molecule has 1 aliphatic rings. The van der Waals surface area contributed by atoms with Crippen molar-refractivity contribution in [1.82, 2.24) is 0 Å². The number of ether oxygens (including phenoxy) is 1. The van der Waals surface area contributed by atoms with Gasteiger partial charge in [-0.15, -0.1) is 0 Å². The first-order valence-corrected chi connectivity index (χ1v) is 11.2. The molecular formula is C24H39FO. The SMILES string of the molecule is CCCCCCCCOc1ccc([C@H]2CC[C@H](CCCC)CC2)cc1F. The van der Waals surface area contributed by atoms with Crippen LogP contribution in [-0.2, 0) is 0 Å². The zero-order valence-electron chi connectivity index (χ0n) is 17.1. The van der Waals surface area contributed by atoms with Crippen LogP contribution in [0.2, 0.25) is 0 Å². The van der Waals surface area contributed by atoms with Crippen molar-refractivity contribution >= 4 is 0 Å². The molecule has 0 amide bonds. The number of hydrogen-bond donors (Lipinski definition) is 0. The molecule has 2 rings (SSSR count). The van der Waals surface area contributed by atoms with Gasteiger partial charge in [0, 0.05) is 0 Å². The quantitative estimate of drug-likeness (QED) is 0.342. The molecule has 1 aromatic rings. The first-order valence-electron chi connectivity index (χ1n) is 11.2. The molecule has 0 aliphatic heterocycles. The Labute approximate surface area is 160 Å². The number of rotatable bonds is 12. The van der Waals surface area contributed by atoms with E-state index in [1.165, 1.54) is 82.6 Å². The van der Waals surface area contributed by atoms with Crippen LogP contribution in [0.4, 0.5) is 4.39 Å². The molecule has 1 nitrogen and oxygen atoms in total. The minimum atomic E-state index is -0.179. The fraction of sp³-hybridized carbons (Fsp3) is 0.750. The summed E-state index contributed by atoms with van der Waals surface area (Å²) in [4.78, 5) is 0. The Morgan fingerprint density at radius 3 is 2.27 bits per heavy atom. The molecule has 0 spiro atoms. The highest BCUT2D eigenvalue weighted by atomic mass is 19.1. The zero-order valence-corrected chi connectivity index (χ0v) is 17.1. The second-order valence-corrected chi connectivity index (χ2v) is 8.17. The molecule has 0 radical (unpaired) electrons. The summed E-state index contributed by atoms with van der Waals surface area (Å²) in [7, 11) is 0. The Hall–Kier alpha value is -1.05. The van der Waals surface area contributed by atoms with Crippen molar-refractivity contribution in [3.8, 4) is 5.75 Å². The summed E-state index contributed by atoms with van der Waals surface area (Å²) in [6.07, 6.45) is 16.4. The van der Waals surface area contributed by atoms with Gasteiger partial charge in [-0.3, -0.25) is 0 Å². The van der Waals surface area contributed by atoms with Crippen LogP contribution in [0.15, 0.2) is 18.2 Å². The van der Waals surface area contributed by atoms with E-state index < -0.39 is 0 Å². The van der Waals surface area contributed by atoms with E-state index in [2.05, 4.69) is 19.9 Å². The lowest BCUT2D eigenvalue weighted by Gasteiger charge is -2.29. The van der Waals surface area contributed by atoms with Gasteiger partial charge in [0.2, 0.25) is 0 Å². The predicted molar refractivity (Wildman–Crippen MR) is 109 cm³/mol. The van der Waals surface area contributed by atoms with Gasteiger partial charge >= 0.3 is 0 Å². The summed E-state index contributed by atoms with van der Waals surface area (Å²) in [6.45, 7) is 5.13. The lowest BCUT2D eigenvalue weighted by molar-refractivity contribution is 0.288. The normalized spacial score (nSPS) is 20.3. The number of halogens is 1. The number of benzene rings is 1. The Morgan fingerprint density at radius 2 is 1.58 bits per heavy atom. The molecule has 1 saturated carbocycles. The zero-order chi connectivity index (χ0) is 18.6. The average molecular weight is 363 g/mol. The van der Waals surface area contributed by atoms with Gasteiger partial charge in [-0.2, -0.15) is 0 Å². The first kappa shape index (κ1) is 21.3. The van der Waals surface area contributed by atoms with Crippen molar-refractivity contribution in [3.05, 3.63) is 29.6 Å². The van der Waals surface area contributed by atoms with Gasteiger partial charge in [-0.25, -0.2) is 4.39 Å². The Kier molecular flexibility index (Phi) is 10.1. The van der Waals surface area contributed by atoms with E-state index in [4.69, 9.17) is 4.74 Å². The van der Waals surface area contributed by atoms with Crippen molar-refractivity contribution in [1.29, 1.82) is 0 Å². The number of hydrogen-bond acceptors (Lipinski definition) is 1. The highest BCUT2D eigenvalue weighted by Crippen LogP contribution is 2.38. The van der Waals surface area contributed by atoms with Crippen LogP contribution in [0.5, 0.6) is 5.75 Å². The van der Waals surface area contributed by atoms with E-state index in [1.54, 1.807) is 6.07 Å². The van der Waals surface area contributed by atoms with Gasteiger partial charge in [0.15, 0.2) is 11.6 Å². The van der Waals surface area contributed by atoms with Gasteiger partial charge in [0.1, 0.15) is 0 Å². The predicted octanol–water partition coefficient (Wildman–Crippen LogP) is 8.03. The molecule has 0 heterocycles. The van der Waals surface area contributed by atoms with Crippen LogP contribution in [-0.4, -0.2) is 6.61 Å². The van der Waals surface area contributed by atoms with Crippen molar-refractivity contribution in [2.24, 2.45) is 5.92 Å². The van der Waals surface area contributed by atoms with E-state index in [9.17, 15) is 4.39 Å². The Bertz CT molecular complexity index is 491. The van der Waals surface area contributed by atoms with Crippen molar-refractivity contribution in [2.45, 2.75) is 103 Å². The maximum absolute atomic E-state index is 14.4. The summed E-state index contributed by atoms with van der Waals surface area (Å²) >= 11 is 0. The monoisotopic (exact) mass is 362 g/mol. The van der Waals surface area contributed by atoms with Crippen LogP contribution in [0.25, 0.3) is 0 Å². The summed E-state index contributed by atoms with van der Waals surface area (Å²) < 4.78 is 20.1. The smallest absolute Gasteiger partial charge is 0.165 e. The summed E-state index contributed by atoms with van der Waals surface area (Å²) in [5.41, 5.74) is 1.17. The molecule has 0 N–H and O–H groups in total. The van der Waals surface area contributed by atoms with Crippen LogP contribution in [0.1, 0.15) is 109 Å². The minimum Gasteiger partial charge on any atom is -0.491 e. The van der Waals surface area contributed by atoms with E-state index in [-0.39, 0.29) is 5.82 Å². The molecule has 148 valence electrons. The molecule has 0 bridgehead atoms. The highest BCUT2D eigenvalue weighted by Gasteiger charge is 2.22. The second kappa shape index (κ2) is 12.4. The van der Waals surface area contributed by atoms with Crippen LogP contribution < -0.4 is 4.74 Å². The maximum Gasteiger partial charge on any atom is 0.165 e. The Morgan fingerprint density at radius 1 is 0.885 bits per heavy atom. The van der Waals surface area contributed by atoms with E-state index in [0.29, 0.717) is 18.3 Å². The molecule has 1 fully saturated rings. The van der Waals surface area contributed by atoms with Gasteiger partial charge in [0.25, 0.3) is 0 Å². The molecule has 0 saturated heterocycles. The third kappa shape index (κ3) is 7.29. The van der Waals surface area contributed by atoms with E-state index in [0.717, 1.165) is 12.3 Å². The third-order valence-electron chi connectivity index (χ3n) is 6.00. The van der Waals surface area contributed by atoms with Crippen LogP contribution >= 0.6 is 0 Å². The lowest BCUT2D eigenvalue weighted by Crippen LogP contribution is -2.13. The van der Waals surface area contributed by atoms with Crippen LogP contribution in [0, 0.1) is 11.7 Å². The third-order valence-corrected chi connectivity index (χ3v) is 6.00. The molecule has 26 heavy (non-hydrogen) atoms. The fourth-order valence-corrected chi connectivity index (χ4v) is 4.23. The summed E-state index contributed by atoms with van der Waals surface area (Å²) in [5, 5.41) is 0. The summed E-state index contributed by atoms with van der Waals surface area (Å²) in [5.74, 6) is 1.69. The van der Waals surface area contributed by atoms with Crippen molar-refractivity contribution in [3.63, 3.8) is 0 Å². The van der Waals surface area contributed by atoms with Crippen LogP contribution in [0.3, 0.4) is 0 Å². The van der Waals surface area contributed by atoms with Gasteiger partial charge in [0.05, 0.1) is 6.61 Å². The maximum atomic E-state index is 14.4. The van der Waals surface area contributed by atoms with Gasteiger partial charge in [-0.1, -0.05) is 71.3 Å².